The summed E-state index contributed by atoms with van der Waals surface area (Å²) in [4.78, 5) is 28.7. The topological polar surface area (TPSA) is 94.5 Å². The Balaban J connectivity index is 2.13. The third kappa shape index (κ3) is 5.18. The summed E-state index contributed by atoms with van der Waals surface area (Å²) in [5, 5.41) is 5.36. The highest BCUT2D eigenvalue weighted by atomic mass is 16.5. The summed E-state index contributed by atoms with van der Waals surface area (Å²) in [5.74, 6) is 0.131. The summed E-state index contributed by atoms with van der Waals surface area (Å²) in [6.45, 7) is 3.34. The van der Waals surface area contributed by atoms with E-state index in [0.717, 1.165) is 12.8 Å². The van der Waals surface area contributed by atoms with Gasteiger partial charge in [0.25, 0.3) is 0 Å². The molecule has 0 saturated heterocycles. The monoisotopic (exact) mass is 348 g/mol. The first-order valence-corrected chi connectivity index (χ1v) is 8.35. The highest BCUT2D eigenvalue weighted by molar-refractivity contribution is 5.96. The Morgan fingerprint density at radius 3 is 2.76 bits per heavy atom. The number of nitrogens with one attached hydrogen (secondary N) is 2. The van der Waals surface area contributed by atoms with Gasteiger partial charge < -0.3 is 14.8 Å². The Morgan fingerprint density at radius 1 is 1.20 bits per heavy atom. The number of rotatable bonds is 8. The quantitative estimate of drug-likeness (QED) is 0.715. The van der Waals surface area contributed by atoms with Crippen molar-refractivity contribution in [3.8, 4) is 0 Å². The van der Waals surface area contributed by atoms with Crippen LogP contribution in [0.4, 0.5) is 15.5 Å². The molecule has 0 bridgehead atoms. The number of para-hydroxylation sites is 2. The summed E-state index contributed by atoms with van der Waals surface area (Å²) >= 11 is 0. The number of anilines is 1. The highest BCUT2D eigenvalue weighted by Crippen LogP contribution is 2.19. The molecule has 0 aliphatic rings. The van der Waals surface area contributed by atoms with E-state index in [-0.39, 0.29) is 18.6 Å². The second-order valence-electron chi connectivity index (χ2n) is 5.45. The fraction of sp³-hybridized carbons (Fsp3) is 0.471. The molecule has 0 saturated carbocycles. The number of carbonyl (C=O) groups is 2. The van der Waals surface area contributed by atoms with Gasteiger partial charge in [-0.05, 0) is 18.6 Å². The van der Waals surface area contributed by atoms with Gasteiger partial charge in [0.1, 0.15) is 0 Å². The molecule has 1 aromatic carbocycles. The lowest BCUT2D eigenvalue weighted by atomic mass is 10.3. The number of imidazole rings is 1. The number of methoxy groups -OCH3 is 1. The van der Waals surface area contributed by atoms with E-state index < -0.39 is 6.09 Å². The van der Waals surface area contributed by atoms with Crippen LogP contribution in [0.3, 0.4) is 0 Å². The highest BCUT2D eigenvalue weighted by Gasteiger charge is 2.18. The molecule has 0 atom stereocenters. The molecule has 2 rings (SSSR count). The molecule has 2 aromatic rings. The van der Waals surface area contributed by atoms with Gasteiger partial charge >= 0.3 is 12.1 Å². The number of aromatic nitrogens is 2. The fourth-order valence-corrected chi connectivity index (χ4v) is 2.26. The van der Waals surface area contributed by atoms with Crippen molar-refractivity contribution in [3.63, 3.8) is 0 Å². The smallest absolute Gasteiger partial charge is 0.413 e. The van der Waals surface area contributed by atoms with Crippen molar-refractivity contribution in [1.82, 2.24) is 14.9 Å². The third-order valence-corrected chi connectivity index (χ3v) is 3.51. The molecule has 0 unspecified atom stereocenters. The molecule has 0 spiro atoms. The van der Waals surface area contributed by atoms with Crippen molar-refractivity contribution in [2.24, 2.45) is 0 Å². The Labute approximate surface area is 146 Å². The zero-order valence-electron chi connectivity index (χ0n) is 14.6. The Hall–Kier alpha value is -2.61. The maximum absolute atomic E-state index is 12.5. The summed E-state index contributed by atoms with van der Waals surface area (Å²) < 4.78 is 11.3. The zero-order valence-corrected chi connectivity index (χ0v) is 14.6. The van der Waals surface area contributed by atoms with E-state index in [1.165, 1.54) is 4.57 Å². The normalized spacial score (nSPS) is 10.6. The molecular weight excluding hydrogens is 324 g/mol. The van der Waals surface area contributed by atoms with Crippen LogP contribution in [0, 0.1) is 0 Å². The van der Waals surface area contributed by atoms with Crippen LogP contribution >= 0.6 is 0 Å². The number of hydrogen-bond acceptors (Lipinski definition) is 5. The van der Waals surface area contributed by atoms with E-state index in [2.05, 4.69) is 15.6 Å². The van der Waals surface area contributed by atoms with Gasteiger partial charge in [-0.15, -0.1) is 0 Å². The molecule has 25 heavy (non-hydrogen) atoms. The number of fused-ring (bicyclic) bond motifs is 1. The lowest BCUT2D eigenvalue weighted by Gasteiger charge is -2.10. The molecule has 2 N–H and O–H groups in total. The number of hydrogen-bond donors (Lipinski definition) is 2. The first kappa shape index (κ1) is 18.7. The molecular formula is C17H24N4O4. The number of ether oxygens (including phenoxy) is 2. The van der Waals surface area contributed by atoms with Crippen LogP contribution in [0.15, 0.2) is 24.3 Å². The van der Waals surface area contributed by atoms with Gasteiger partial charge in [-0.2, -0.15) is 0 Å². The minimum Gasteiger partial charge on any atom is -0.449 e. The van der Waals surface area contributed by atoms with Gasteiger partial charge in [-0.1, -0.05) is 25.5 Å². The number of carbonyl (C=O) groups excluding carboxylic acids is 2. The van der Waals surface area contributed by atoms with Gasteiger partial charge in [0.2, 0.25) is 5.95 Å². The van der Waals surface area contributed by atoms with Crippen LogP contribution in [-0.2, 0) is 9.47 Å². The lowest BCUT2D eigenvalue weighted by Crippen LogP contribution is -2.31. The van der Waals surface area contributed by atoms with Crippen molar-refractivity contribution in [2.75, 3.05) is 32.2 Å². The molecule has 0 aliphatic carbocycles. The first-order valence-electron chi connectivity index (χ1n) is 8.35. The molecule has 0 aliphatic heterocycles. The average Bonchev–Trinajstić information content (AvgIpc) is 2.96. The summed E-state index contributed by atoms with van der Waals surface area (Å²) in [6.07, 6.45) is 1.79. The SMILES string of the molecule is CCCCNC(=O)n1c(NC(=O)OCCCOC)nc2ccccc21. The minimum atomic E-state index is -0.658. The number of unbranched alkanes of at least 4 members (excludes halogenated alkanes) is 1. The lowest BCUT2D eigenvalue weighted by molar-refractivity contribution is 0.134. The van der Waals surface area contributed by atoms with Gasteiger partial charge in [-0.3, -0.25) is 5.32 Å². The first-order chi connectivity index (χ1) is 12.2. The van der Waals surface area contributed by atoms with Crippen LogP contribution in [0.5, 0.6) is 0 Å². The Kier molecular flexibility index (Phi) is 7.21. The van der Waals surface area contributed by atoms with E-state index in [9.17, 15) is 9.59 Å². The van der Waals surface area contributed by atoms with Crippen molar-refractivity contribution in [1.29, 1.82) is 0 Å². The van der Waals surface area contributed by atoms with Crippen molar-refractivity contribution < 1.29 is 19.1 Å². The van der Waals surface area contributed by atoms with Gasteiger partial charge in [0, 0.05) is 26.7 Å². The number of amides is 2. The summed E-state index contributed by atoms with van der Waals surface area (Å²) in [7, 11) is 1.58. The largest absolute Gasteiger partial charge is 0.449 e. The summed E-state index contributed by atoms with van der Waals surface area (Å²) in [5.41, 5.74) is 1.23. The zero-order chi connectivity index (χ0) is 18.1. The Morgan fingerprint density at radius 2 is 2.00 bits per heavy atom. The van der Waals surface area contributed by atoms with Gasteiger partial charge in [0.05, 0.1) is 17.6 Å². The van der Waals surface area contributed by atoms with E-state index in [1.54, 1.807) is 19.2 Å². The number of nitrogens with zero attached hydrogens (tertiary/aromatic N) is 2. The molecule has 1 heterocycles. The third-order valence-electron chi connectivity index (χ3n) is 3.51. The van der Waals surface area contributed by atoms with Crippen LogP contribution in [0.1, 0.15) is 26.2 Å². The van der Waals surface area contributed by atoms with Crippen molar-refractivity contribution in [3.05, 3.63) is 24.3 Å². The molecule has 136 valence electrons. The minimum absolute atomic E-state index is 0.131. The average molecular weight is 348 g/mol. The standard InChI is InChI=1S/C17H24N4O4/c1-3-4-10-18-16(22)21-14-9-6-5-8-13(14)19-15(21)20-17(23)25-12-7-11-24-2/h5-6,8-9H,3-4,7,10-12H2,1-2H3,(H,18,22)(H,19,20,23). The predicted octanol–water partition coefficient (Wildman–Crippen LogP) is 2.98. The fourth-order valence-electron chi connectivity index (χ4n) is 2.26. The molecule has 2 amide bonds. The van der Waals surface area contributed by atoms with Gasteiger partial charge in [-0.25, -0.2) is 19.1 Å². The van der Waals surface area contributed by atoms with E-state index >= 15 is 0 Å². The van der Waals surface area contributed by atoms with Crippen molar-refractivity contribution in [2.45, 2.75) is 26.2 Å². The van der Waals surface area contributed by atoms with Crippen molar-refractivity contribution >= 4 is 29.1 Å². The van der Waals surface area contributed by atoms with Crippen LogP contribution in [0.2, 0.25) is 0 Å². The molecule has 0 radical (unpaired) electrons. The maximum atomic E-state index is 12.5. The van der Waals surface area contributed by atoms with E-state index in [1.807, 2.05) is 19.1 Å². The molecule has 8 heteroatoms. The Bertz CT molecular complexity index is 714. The van der Waals surface area contributed by atoms with E-state index in [4.69, 9.17) is 9.47 Å². The molecule has 0 fully saturated rings. The number of benzene rings is 1. The molecule has 1 aromatic heterocycles. The second-order valence-corrected chi connectivity index (χ2v) is 5.45. The summed E-state index contributed by atoms with van der Waals surface area (Å²) in [6, 6.07) is 6.85. The van der Waals surface area contributed by atoms with Gasteiger partial charge in [0.15, 0.2) is 0 Å². The van der Waals surface area contributed by atoms with Crippen LogP contribution in [0.25, 0.3) is 11.0 Å². The second kappa shape index (κ2) is 9.63. The van der Waals surface area contributed by atoms with E-state index in [0.29, 0.717) is 30.6 Å². The maximum Gasteiger partial charge on any atom is 0.413 e. The van der Waals surface area contributed by atoms with Crippen LogP contribution in [-0.4, -0.2) is 48.5 Å². The predicted molar refractivity (Wildman–Crippen MR) is 94.9 cm³/mol. The van der Waals surface area contributed by atoms with Crippen LogP contribution < -0.4 is 10.6 Å². The molecule has 8 nitrogen and oxygen atoms in total.